The maximum atomic E-state index is 13.2. The molecule has 0 radical (unpaired) electrons. The van der Waals surface area contributed by atoms with Crippen LogP contribution >= 0.6 is 0 Å². The Bertz CT molecular complexity index is 1340. The molecule has 6 atom stereocenters. The third kappa shape index (κ3) is 4.91. The zero-order valence-electron chi connectivity index (χ0n) is 24.8. The molecule has 0 aromatic heterocycles. The molecule has 2 bridgehead atoms. The fourth-order valence-electron chi connectivity index (χ4n) is 7.07. The van der Waals surface area contributed by atoms with Gasteiger partial charge in [0.25, 0.3) is 0 Å². The van der Waals surface area contributed by atoms with Gasteiger partial charge in [-0.2, -0.15) is 0 Å². The second-order valence-electron chi connectivity index (χ2n) is 12.5. The van der Waals surface area contributed by atoms with E-state index < -0.39 is 65.2 Å². The smallest absolute Gasteiger partial charge is 0.352 e. The van der Waals surface area contributed by atoms with Gasteiger partial charge in [0.1, 0.15) is 11.4 Å². The molecule has 0 saturated heterocycles. The Hall–Kier alpha value is -3.60. The number of ether oxygens (including phenoxy) is 6. The van der Waals surface area contributed by atoms with Crippen molar-refractivity contribution in [1.29, 1.82) is 0 Å². The number of esters is 4. The summed E-state index contributed by atoms with van der Waals surface area (Å²) >= 11 is 0. The number of aliphatic hydroxyl groups is 1. The van der Waals surface area contributed by atoms with Crippen LogP contribution in [0.2, 0.25) is 0 Å². The molecular weight excluding hydrogens is 548 g/mol. The standard InChI is InChI=1S/C31H38O11/c1-16(38-23(33)15-22(39-17(2)32)28(35)42-29(3,4)5)27(34)40-21-11-13-31(36)19-8-7-12-30(31)24-18(14-19)9-10-20(37-6)25(24)41-26(21)30/h9-11,16,19,22,26,36H,7-8,12-15H2,1-6H3/t16-,19-,22-,26+,30+,31-/m0/s1. The highest BCUT2D eigenvalue weighted by atomic mass is 16.6. The molecular formula is C31H38O11. The summed E-state index contributed by atoms with van der Waals surface area (Å²) in [5.41, 5.74) is -0.723. The molecule has 11 heteroatoms. The summed E-state index contributed by atoms with van der Waals surface area (Å²) < 4.78 is 33.3. The molecule has 1 aromatic rings. The van der Waals surface area contributed by atoms with E-state index in [2.05, 4.69) is 0 Å². The number of hydrogen-bond donors (Lipinski definition) is 1. The highest BCUT2D eigenvalue weighted by Crippen LogP contribution is 2.67. The average molecular weight is 587 g/mol. The highest BCUT2D eigenvalue weighted by molar-refractivity contribution is 5.86. The van der Waals surface area contributed by atoms with Crippen LogP contribution < -0.4 is 9.47 Å². The third-order valence-corrected chi connectivity index (χ3v) is 8.66. The molecule has 11 nitrogen and oxygen atoms in total. The Labute approximate surface area is 244 Å². The molecule has 1 fully saturated rings. The van der Waals surface area contributed by atoms with Crippen LogP contribution in [-0.4, -0.2) is 65.6 Å². The van der Waals surface area contributed by atoms with Gasteiger partial charge >= 0.3 is 23.9 Å². The first-order chi connectivity index (χ1) is 19.7. The van der Waals surface area contributed by atoms with Crippen LogP contribution in [0, 0.1) is 5.92 Å². The molecule has 1 N–H and O–H groups in total. The van der Waals surface area contributed by atoms with Gasteiger partial charge in [0.15, 0.2) is 23.7 Å². The zero-order valence-corrected chi connectivity index (χ0v) is 24.8. The van der Waals surface area contributed by atoms with Crippen molar-refractivity contribution < 1.29 is 52.7 Å². The van der Waals surface area contributed by atoms with E-state index in [1.165, 1.54) is 6.92 Å². The van der Waals surface area contributed by atoms with E-state index in [-0.39, 0.29) is 18.1 Å². The normalized spacial score (nSPS) is 28.2. The summed E-state index contributed by atoms with van der Waals surface area (Å²) in [6.45, 7) is 7.35. The van der Waals surface area contributed by atoms with Crippen LogP contribution in [0.3, 0.4) is 0 Å². The third-order valence-electron chi connectivity index (χ3n) is 8.66. The number of hydrogen-bond acceptors (Lipinski definition) is 11. The lowest BCUT2D eigenvalue weighted by Gasteiger charge is -2.59. The van der Waals surface area contributed by atoms with Gasteiger partial charge in [-0.3, -0.25) is 9.59 Å². The van der Waals surface area contributed by atoms with Crippen LogP contribution in [0.15, 0.2) is 24.0 Å². The van der Waals surface area contributed by atoms with Gasteiger partial charge in [0.05, 0.1) is 24.5 Å². The first kappa shape index (κ1) is 29.9. The molecule has 1 aliphatic heterocycles. The van der Waals surface area contributed by atoms with Crippen LogP contribution in [0.25, 0.3) is 0 Å². The maximum absolute atomic E-state index is 13.2. The maximum Gasteiger partial charge on any atom is 0.352 e. The summed E-state index contributed by atoms with van der Waals surface area (Å²) in [6, 6.07) is 3.88. The Morgan fingerprint density at radius 1 is 1.14 bits per heavy atom. The number of rotatable bonds is 8. The minimum Gasteiger partial charge on any atom is -0.493 e. The molecule has 4 aliphatic rings. The first-order valence-electron chi connectivity index (χ1n) is 14.3. The van der Waals surface area contributed by atoms with Crippen molar-refractivity contribution in [2.24, 2.45) is 5.92 Å². The van der Waals surface area contributed by atoms with E-state index in [4.69, 9.17) is 28.4 Å². The highest BCUT2D eigenvalue weighted by Gasteiger charge is 2.71. The van der Waals surface area contributed by atoms with Crippen LogP contribution in [0.5, 0.6) is 11.5 Å². The first-order valence-corrected chi connectivity index (χ1v) is 14.3. The number of benzene rings is 1. The second-order valence-corrected chi connectivity index (χ2v) is 12.5. The minimum absolute atomic E-state index is 0.0349. The number of carbonyl (C=O) groups excluding carboxylic acids is 4. The van der Waals surface area contributed by atoms with Gasteiger partial charge in [-0.15, -0.1) is 0 Å². The number of methoxy groups -OCH3 is 1. The average Bonchev–Trinajstić information content (AvgIpc) is 3.23. The Morgan fingerprint density at radius 3 is 2.55 bits per heavy atom. The van der Waals surface area contributed by atoms with Gasteiger partial charge < -0.3 is 33.5 Å². The molecule has 228 valence electrons. The molecule has 0 amide bonds. The van der Waals surface area contributed by atoms with E-state index in [0.717, 1.165) is 37.3 Å². The largest absolute Gasteiger partial charge is 0.493 e. The van der Waals surface area contributed by atoms with E-state index >= 15 is 0 Å². The van der Waals surface area contributed by atoms with E-state index in [1.54, 1.807) is 34.0 Å². The molecule has 1 heterocycles. The quantitative estimate of drug-likeness (QED) is 0.354. The van der Waals surface area contributed by atoms with Gasteiger partial charge in [0.2, 0.25) is 6.10 Å². The monoisotopic (exact) mass is 586 g/mol. The van der Waals surface area contributed by atoms with Crippen molar-refractivity contribution >= 4 is 23.9 Å². The predicted molar refractivity (Wildman–Crippen MR) is 145 cm³/mol. The lowest BCUT2D eigenvalue weighted by Crippen LogP contribution is -2.67. The van der Waals surface area contributed by atoms with Crippen molar-refractivity contribution in [3.63, 3.8) is 0 Å². The van der Waals surface area contributed by atoms with Gasteiger partial charge in [-0.1, -0.05) is 12.5 Å². The SMILES string of the molecule is COc1ccc2c3c1O[C@@H]1C(OC(=O)[C@H](C)OC(=O)C[C@H](OC(C)=O)C(=O)OC(C)(C)C)=CC[C@]4(O)[C@@H](CCC[C@@]314)C2. The molecule has 1 spiro atoms. The Kier molecular flexibility index (Phi) is 7.53. The minimum atomic E-state index is -1.53. The summed E-state index contributed by atoms with van der Waals surface area (Å²) in [6.07, 6.45) is 0.836. The van der Waals surface area contributed by atoms with Crippen molar-refractivity contribution in [1.82, 2.24) is 0 Å². The van der Waals surface area contributed by atoms with Crippen molar-refractivity contribution in [3.05, 3.63) is 35.1 Å². The van der Waals surface area contributed by atoms with Crippen molar-refractivity contribution in [3.8, 4) is 11.5 Å². The van der Waals surface area contributed by atoms with Crippen molar-refractivity contribution in [2.75, 3.05) is 7.11 Å². The summed E-state index contributed by atoms with van der Waals surface area (Å²) in [5.74, 6) is -2.12. The Morgan fingerprint density at radius 2 is 1.88 bits per heavy atom. The van der Waals surface area contributed by atoms with E-state index in [1.807, 2.05) is 12.1 Å². The molecule has 42 heavy (non-hydrogen) atoms. The van der Waals surface area contributed by atoms with Crippen molar-refractivity contribution in [2.45, 2.75) is 108 Å². The topological polar surface area (TPSA) is 144 Å². The van der Waals surface area contributed by atoms with E-state index in [0.29, 0.717) is 17.9 Å². The molecule has 3 aliphatic carbocycles. The van der Waals surface area contributed by atoms with Gasteiger partial charge in [-0.25, -0.2) is 9.59 Å². The lowest BCUT2D eigenvalue weighted by molar-refractivity contribution is -0.180. The summed E-state index contributed by atoms with van der Waals surface area (Å²) in [7, 11) is 1.56. The summed E-state index contributed by atoms with van der Waals surface area (Å²) in [5, 5.41) is 12.2. The fourth-order valence-corrected chi connectivity index (χ4v) is 7.07. The molecule has 1 saturated carbocycles. The van der Waals surface area contributed by atoms with E-state index in [9.17, 15) is 24.3 Å². The van der Waals surface area contributed by atoms with Crippen LogP contribution in [0.4, 0.5) is 0 Å². The molecule has 0 unspecified atom stereocenters. The van der Waals surface area contributed by atoms with Gasteiger partial charge in [-0.05, 0) is 77.0 Å². The molecule has 1 aromatic carbocycles. The predicted octanol–water partition coefficient (Wildman–Crippen LogP) is 3.21. The van der Waals surface area contributed by atoms with Crippen LogP contribution in [0.1, 0.15) is 77.8 Å². The number of carbonyl (C=O) groups is 4. The van der Waals surface area contributed by atoms with Gasteiger partial charge in [0, 0.05) is 12.5 Å². The Balaban J connectivity index is 1.32. The second kappa shape index (κ2) is 10.6. The summed E-state index contributed by atoms with van der Waals surface area (Å²) in [4.78, 5) is 49.8. The zero-order chi connectivity index (χ0) is 30.6. The lowest BCUT2D eigenvalue weighted by atomic mass is 9.47. The molecule has 5 rings (SSSR count). The van der Waals surface area contributed by atoms with Crippen LogP contribution in [-0.2, 0) is 50.0 Å². The fraction of sp³-hybridized carbons (Fsp3) is 0.613.